The quantitative estimate of drug-likeness (QED) is 0.637. The van der Waals surface area contributed by atoms with E-state index >= 15 is 0 Å². The summed E-state index contributed by atoms with van der Waals surface area (Å²) in [6.45, 7) is -0.340. The molecular formula is C10H15NO3. The van der Waals surface area contributed by atoms with E-state index in [1.165, 1.54) is 0 Å². The van der Waals surface area contributed by atoms with Gasteiger partial charge in [0.2, 0.25) is 0 Å². The minimum Gasteiger partial charge on any atom is -0.497 e. The lowest BCUT2D eigenvalue weighted by Gasteiger charge is -2.16. The van der Waals surface area contributed by atoms with Gasteiger partial charge in [-0.2, -0.15) is 0 Å². The number of methoxy groups -OCH3 is 1. The maximum absolute atomic E-state index is 9.30. The van der Waals surface area contributed by atoms with Gasteiger partial charge in [-0.15, -0.1) is 0 Å². The number of aliphatic hydroxyl groups excluding tert-OH is 2. The van der Waals surface area contributed by atoms with Crippen LogP contribution in [0.2, 0.25) is 0 Å². The smallest absolute Gasteiger partial charge is 0.118 e. The fraction of sp³-hybridized carbons (Fsp3) is 0.400. The van der Waals surface area contributed by atoms with Gasteiger partial charge in [0, 0.05) is 0 Å². The van der Waals surface area contributed by atoms with Crippen molar-refractivity contribution in [1.82, 2.24) is 0 Å². The van der Waals surface area contributed by atoms with E-state index < -0.39 is 12.1 Å². The van der Waals surface area contributed by atoms with Crippen LogP contribution in [-0.4, -0.2) is 30.0 Å². The summed E-state index contributed by atoms with van der Waals surface area (Å²) in [5, 5.41) is 18.0. The zero-order valence-corrected chi connectivity index (χ0v) is 8.05. The molecule has 0 heterocycles. The molecule has 0 bridgehead atoms. The third-order valence-electron chi connectivity index (χ3n) is 2.10. The molecule has 0 saturated carbocycles. The predicted molar refractivity (Wildman–Crippen MR) is 53.0 cm³/mol. The van der Waals surface area contributed by atoms with E-state index in [1.807, 2.05) is 0 Å². The maximum Gasteiger partial charge on any atom is 0.118 e. The largest absolute Gasteiger partial charge is 0.497 e. The highest BCUT2D eigenvalue weighted by Gasteiger charge is 2.15. The second-order valence-corrected chi connectivity index (χ2v) is 3.05. The van der Waals surface area contributed by atoms with Gasteiger partial charge < -0.3 is 20.7 Å². The van der Waals surface area contributed by atoms with Crippen LogP contribution in [0.3, 0.4) is 0 Å². The van der Waals surface area contributed by atoms with E-state index in [-0.39, 0.29) is 6.61 Å². The number of hydrogen-bond donors (Lipinski definition) is 3. The molecule has 0 aromatic heterocycles. The minimum absolute atomic E-state index is 0.340. The Balaban J connectivity index is 2.75. The second-order valence-electron chi connectivity index (χ2n) is 3.05. The first-order valence-electron chi connectivity index (χ1n) is 4.37. The van der Waals surface area contributed by atoms with Crippen LogP contribution in [0.15, 0.2) is 24.3 Å². The molecule has 1 rings (SSSR count). The molecule has 0 fully saturated rings. The van der Waals surface area contributed by atoms with Gasteiger partial charge in [-0.05, 0) is 17.7 Å². The molecule has 4 nitrogen and oxygen atoms in total. The molecule has 78 valence electrons. The third-order valence-corrected chi connectivity index (χ3v) is 2.10. The summed E-state index contributed by atoms with van der Waals surface area (Å²) >= 11 is 0. The number of aliphatic hydroxyl groups is 2. The Hall–Kier alpha value is -1.10. The molecule has 1 aromatic carbocycles. The Morgan fingerprint density at radius 1 is 1.36 bits per heavy atom. The van der Waals surface area contributed by atoms with Crippen molar-refractivity contribution in [2.45, 2.75) is 12.1 Å². The van der Waals surface area contributed by atoms with Gasteiger partial charge >= 0.3 is 0 Å². The standard InChI is InChI=1S/C10H15NO3/c1-14-8-4-2-7(3-5-8)10(11)9(13)6-12/h2-5,9-10,12-13H,6,11H2,1H3/t9-,10+/m1/s1. The summed E-state index contributed by atoms with van der Waals surface area (Å²) in [4.78, 5) is 0. The zero-order chi connectivity index (χ0) is 10.6. The second kappa shape index (κ2) is 4.95. The lowest BCUT2D eigenvalue weighted by atomic mass is 10.0. The highest BCUT2D eigenvalue weighted by atomic mass is 16.5. The molecule has 0 aliphatic carbocycles. The van der Waals surface area contributed by atoms with Crippen LogP contribution >= 0.6 is 0 Å². The Labute approximate surface area is 82.9 Å². The first-order chi connectivity index (χ1) is 6.69. The Morgan fingerprint density at radius 3 is 2.36 bits per heavy atom. The fourth-order valence-corrected chi connectivity index (χ4v) is 1.16. The maximum atomic E-state index is 9.30. The highest BCUT2D eigenvalue weighted by Crippen LogP contribution is 2.18. The summed E-state index contributed by atoms with van der Waals surface area (Å²) < 4.78 is 4.98. The van der Waals surface area contributed by atoms with Gasteiger partial charge in [-0.3, -0.25) is 0 Å². The first kappa shape index (κ1) is 11.0. The van der Waals surface area contributed by atoms with Crippen LogP contribution in [0.25, 0.3) is 0 Å². The first-order valence-corrected chi connectivity index (χ1v) is 4.37. The molecule has 14 heavy (non-hydrogen) atoms. The van der Waals surface area contributed by atoms with Crippen LogP contribution < -0.4 is 10.5 Å². The molecule has 2 atom stereocenters. The average molecular weight is 197 g/mol. The van der Waals surface area contributed by atoms with Crippen molar-refractivity contribution in [3.63, 3.8) is 0 Å². The van der Waals surface area contributed by atoms with Crippen LogP contribution in [0.1, 0.15) is 11.6 Å². The number of benzene rings is 1. The van der Waals surface area contributed by atoms with Gasteiger partial charge in [-0.1, -0.05) is 12.1 Å². The van der Waals surface area contributed by atoms with E-state index in [0.717, 1.165) is 11.3 Å². The molecular weight excluding hydrogens is 182 g/mol. The summed E-state index contributed by atoms with van der Waals surface area (Å²) in [7, 11) is 1.58. The zero-order valence-electron chi connectivity index (χ0n) is 8.05. The van der Waals surface area contributed by atoms with E-state index in [2.05, 4.69) is 0 Å². The van der Waals surface area contributed by atoms with Crippen molar-refractivity contribution < 1.29 is 14.9 Å². The van der Waals surface area contributed by atoms with Crippen molar-refractivity contribution in [3.05, 3.63) is 29.8 Å². The van der Waals surface area contributed by atoms with E-state index in [9.17, 15) is 5.11 Å². The predicted octanol–water partition coefficient (Wildman–Crippen LogP) is 0.0482. The lowest BCUT2D eigenvalue weighted by Crippen LogP contribution is -2.29. The molecule has 1 aromatic rings. The Kier molecular flexibility index (Phi) is 3.88. The molecule has 0 aliphatic heterocycles. The summed E-state index contributed by atoms with van der Waals surface area (Å²) in [5.41, 5.74) is 6.46. The van der Waals surface area contributed by atoms with Crippen molar-refractivity contribution in [2.24, 2.45) is 5.73 Å². The Bertz CT molecular complexity index is 273. The van der Waals surface area contributed by atoms with Crippen LogP contribution in [0, 0.1) is 0 Å². The van der Waals surface area contributed by atoms with E-state index in [0.29, 0.717) is 0 Å². The molecule has 0 saturated heterocycles. The SMILES string of the molecule is COc1ccc([C@H](N)[C@H](O)CO)cc1. The molecule has 0 spiro atoms. The van der Waals surface area contributed by atoms with Crippen molar-refractivity contribution in [2.75, 3.05) is 13.7 Å². The number of ether oxygens (including phenoxy) is 1. The van der Waals surface area contributed by atoms with Gasteiger partial charge in [0.05, 0.1) is 25.9 Å². The van der Waals surface area contributed by atoms with E-state index in [1.54, 1.807) is 31.4 Å². The topological polar surface area (TPSA) is 75.7 Å². The molecule has 0 aliphatic rings. The monoisotopic (exact) mass is 197 g/mol. The minimum atomic E-state index is -0.927. The van der Waals surface area contributed by atoms with Crippen molar-refractivity contribution >= 4 is 0 Å². The van der Waals surface area contributed by atoms with Gasteiger partial charge in [0.25, 0.3) is 0 Å². The van der Waals surface area contributed by atoms with Crippen LogP contribution in [0.4, 0.5) is 0 Å². The summed E-state index contributed by atoms with van der Waals surface area (Å²) in [6, 6.07) is 6.49. The van der Waals surface area contributed by atoms with Crippen LogP contribution in [0.5, 0.6) is 5.75 Å². The fourth-order valence-electron chi connectivity index (χ4n) is 1.16. The van der Waals surface area contributed by atoms with Crippen LogP contribution in [-0.2, 0) is 0 Å². The molecule has 0 unspecified atom stereocenters. The van der Waals surface area contributed by atoms with Gasteiger partial charge in [0.15, 0.2) is 0 Å². The normalized spacial score (nSPS) is 14.9. The van der Waals surface area contributed by atoms with Crippen molar-refractivity contribution in [1.29, 1.82) is 0 Å². The molecule has 4 N–H and O–H groups in total. The van der Waals surface area contributed by atoms with Gasteiger partial charge in [0.1, 0.15) is 5.75 Å². The number of hydrogen-bond acceptors (Lipinski definition) is 4. The lowest BCUT2D eigenvalue weighted by molar-refractivity contribution is 0.0741. The average Bonchev–Trinajstić information content (AvgIpc) is 2.27. The molecule has 0 radical (unpaired) electrons. The number of nitrogens with two attached hydrogens (primary N) is 1. The third kappa shape index (κ3) is 2.45. The molecule has 0 amide bonds. The van der Waals surface area contributed by atoms with Gasteiger partial charge in [-0.25, -0.2) is 0 Å². The number of rotatable bonds is 4. The van der Waals surface area contributed by atoms with E-state index in [4.69, 9.17) is 15.6 Å². The highest BCUT2D eigenvalue weighted by molar-refractivity contribution is 5.29. The Morgan fingerprint density at radius 2 is 1.93 bits per heavy atom. The molecule has 4 heteroatoms. The summed E-state index contributed by atoms with van der Waals surface area (Å²) in [5.74, 6) is 0.736. The van der Waals surface area contributed by atoms with Crippen molar-refractivity contribution in [3.8, 4) is 5.75 Å². The summed E-state index contributed by atoms with van der Waals surface area (Å²) in [6.07, 6.45) is -0.927.